The molecule has 0 aliphatic heterocycles. The second-order valence-electron chi connectivity index (χ2n) is 4.01. The van der Waals surface area contributed by atoms with E-state index in [1.54, 1.807) is 12.1 Å². The monoisotopic (exact) mass is 273 g/mol. The van der Waals surface area contributed by atoms with Crippen molar-refractivity contribution in [2.75, 3.05) is 19.8 Å². The van der Waals surface area contributed by atoms with E-state index < -0.39 is 6.43 Å². The predicted molar refractivity (Wildman–Crippen MR) is 70.1 cm³/mol. The molecule has 0 atom stereocenters. The second kappa shape index (κ2) is 8.96. The van der Waals surface area contributed by atoms with E-state index in [0.29, 0.717) is 26.3 Å². The molecule has 0 fully saturated rings. The molecule has 0 unspecified atom stereocenters. The van der Waals surface area contributed by atoms with Gasteiger partial charge in [0.2, 0.25) is 0 Å². The predicted octanol–water partition coefficient (Wildman–Crippen LogP) is 3.11. The van der Waals surface area contributed by atoms with Crippen LogP contribution in [0.2, 0.25) is 0 Å². The normalized spacial score (nSPS) is 11.5. The number of nitrogens with one attached hydrogen (secondary N) is 1. The molecule has 19 heavy (non-hydrogen) atoms. The molecule has 3 nitrogen and oxygen atoms in total. The highest BCUT2D eigenvalue weighted by molar-refractivity contribution is 5.23. The van der Waals surface area contributed by atoms with Crippen LogP contribution in [-0.4, -0.2) is 26.0 Å². The van der Waals surface area contributed by atoms with E-state index in [2.05, 4.69) is 5.32 Å². The summed E-state index contributed by atoms with van der Waals surface area (Å²) in [5, 5.41) is 3.18. The third kappa shape index (κ3) is 6.09. The molecule has 108 valence electrons. The summed E-state index contributed by atoms with van der Waals surface area (Å²) in [5.41, 5.74) is 1.00. The van der Waals surface area contributed by atoms with Gasteiger partial charge < -0.3 is 14.8 Å². The standard InChI is InChI=1S/C14H21F2NO2/c1-3-18-13(19-4-2)10-17-9-11-5-7-12(8-6-11)14(15)16/h5-8,13-14,17H,3-4,9-10H2,1-2H3. The van der Waals surface area contributed by atoms with Gasteiger partial charge in [0.15, 0.2) is 6.29 Å². The molecule has 0 radical (unpaired) electrons. The highest BCUT2D eigenvalue weighted by Crippen LogP contribution is 2.18. The van der Waals surface area contributed by atoms with Crippen molar-refractivity contribution in [1.29, 1.82) is 0 Å². The van der Waals surface area contributed by atoms with Gasteiger partial charge in [0.05, 0.1) is 0 Å². The van der Waals surface area contributed by atoms with Crippen molar-refractivity contribution in [2.24, 2.45) is 0 Å². The fourth-order valence-electron chi connectivity index (χ4n) is 1.65. The van der Waals surface area contributed by atoms with E-state index in [-0.39, 0.29) is 11.9 Å². The maximum absolute atomic E-state index is 12.4. The molecule has 0 aromatic heterocycles. The third-order valence-electron chi connectivity index (χ3n) is 2.58. The van der Waals surface area contributed by atoms with Crippen LogP contribution in [0.4, 0.5) is 8.78 Å². The lowest BCUT2D eigenvalue weighted by Gasteiger charge is -2.17. The lowest BCUT2D eigenvalue weighted by Crippen LogP contribution is -2.31. The van der Waals surface area contributed by atoms with Gasteiger partial charge in [0.25, 0.3) is 6.43 Å². The molecule has 0 heterocycles. The van der Waals surface area contributed by atoms with Crippen molar-refractivity contribution < 1.29 is 18.3 Å². The van der Waals surface area contributed by atoms with E-state index in [1.165, 1.54) is 12.1 Å². The van der Waals surface area contributed by atoms with E-state index in [0.717, 1.165) is 5.56 Å². The Kier molecular flexibility index (Phi) is 7.55. The molecule has 0 saturated heterocycles. The van der Waals surface area contributed by atoms with Crippen LogP contribution in [0.15, 0.2) is 24.3 Å². The van der Waals surface area contributed by atoms with Crippen LogP contribution in [0.1, 0.15) is 31.4 Å². The van der Waals surface area contributed by atoms with Gasteiger partial charge in [-0.05, 0) is 19.4 Å². The Bertz CT molecular complexity index is 338. The van der Waals surface area contributed by atoms with Crippen molar-refractivity contribution in [3.05, 3.63) is 35.4 Å². The fraction of sp³-hybridized carbons (Fsp3) is 0.571. The zero-order chi connectivity index (χ0) is 14.1. The Morgan fingerprint density at radius 1 is 1.05 bits per heavy atom. The van der Waals surface area contributed by atoms with Crippen LogP contribution in [0.25, 0.3) is 0 Å². The summed E-state index contributed by atoms with van der Waals surface area (Å²) in [6.07, 6.45) is -2.68. The number of hydrogen-bond acceptors (Lipinski definition) is 3. The summed E-state index contributed by atoms with van der Waals surface area (Å²) in [6, 6.07) is 6.30. The minimum Gasteiger partial charge on any atom is -0.352 e. The Hall–Kier alpha value is -1.04. The Balaban J connectivity index is 2.35. The first kappa shape index (κ1) is 16.0. The Morgan fingerprint density at radius 2 is 1.63 bits per heavy atom. The van der Waals surface area contributed by atoms with Crippen LogP contribution in [-0.2, 0) is 16.0 Å². The Morgan fingerprint density at radius 3 is 2.11 bits per heavy atom. The lowest BCUT2D eigenvalue weighted by molar-refractivity contribution is -0.133. The first-order valence-electron chi connectivity index (χ1n) is 6.48. The number of hydrogen-bond donors (Lipinski definition) is 1. The van der Waals surface area contributed by atoms with Gasteiger partial charge in [-0.1, -0.05) is 24.3 Å². The summed E-state index contributed by atoms with van der Waals surface area (Å²) < 4.78 is 35.5. The van der Waals surface area contributed by atoms with Crippen molar-refractivity contribution in [2.45, 2.75) is 33.1 Å². The minimum absolute atomic E-state index is 0.0465. The van der Waals surface area contributed by atoms with Crippen LogP contribution >= 0.6 is 0 Å². The van der Waals surface area contributed by atoms with Crippen molar-refractivity contribution in [3.8, 4) is 0 Å². The second-order valence-corrected chi connectivity index (χ2v) is 4.01. The van der Waals surface area contributed by atoms with E-state index in [1.807, 2.05) is 13.8 Å². The van der Waals surface area contributed by atoms with E-state index >= 15 is 0 Å². The first-order valence-corrected chi connectivity index (χ1v) is 6.48. The fourth-order valence-corrected chi connectivity index (χ4v) is 1.65. The maximum atomic E-state index is 12.4. The van der Waals surface area contributed by atoms with Crippen LogP contribution in [0.5, 0.6) is 0 Å². The van der Waals surface area contributed by atoms with E-state index in [4.69, 9.17) is 9.47 Å². The van der Waals surface area contributed by atoms with E-state index in [9.17, 15) is 8.78 Å². The summed E-state index contributed by atoms with van der Waals surface area (Å²) in [5.74, 6) is 0. The maximum Gasteiger partial charge on any atom is 0.263 e. The minimum atomic E-state index is -2.41. The zero-order valence-corrected chi connectivity index (χ0v) is 11.4. The molecule has 1 N–H and O–H groups in total. The number of alkyl halides is 2. The van der Waals surface area contributed by atoms with Gasteiger partial charge in [0.1, 0.15) is 0 Å². The largest absolute Gasteiger partial charge is 0.352 e. The van der Waals surface area contributed by atoms with Crippen LogP contribution in [0.3, 0.4) is 0 Å². The summed E-state index contributed by atoms with van der Waals surface area (Å²) in [4.78, 5) is 0. The van der Waals surface area contributed by atoms with Crippen molar-refractivity contribution in [1.82, 2.24) is 5.32 Å². The van der Waals surface area contributed by atoms with Crippen LogP contribution in [0, 0.1) is 0 Å². The van der Waals surface area contributed by atoms with Gasteiger partial charge in [-0.2, -0.15) is 0 Å². The average Bonchev–Trinajstić information content (AvgIpc) is 2.40. The topological polar surface area (TPSA) is 30.5 Å². The molecule has 0 saturated carbocycles. The molecule has 0 aliphatic rings. The molecule has 0 bridgehead atoms. The molecule has 5 heteroatoms. The highest BCUT2D eigenvalue weighted by atomic mass is 19.3. The summed E-state index contributed by atoms with van der Waals surface area (Å²) in [6.45, 7) is 6.17. The van der Waals surface area contributed by atoms with Gasteiger partial charge in [-0.25, -0.2) is 8.78 Å². The molecule has 1 rings (SSSR count). The zero-order valence-electron chi connectivity index (χ0n) is 11.4. The van der Waals surface area contributed by atoms with Gasteiger partial charge in [0, 0.05) is 31.9 Å². The molecule has 0 amide bonds. The smallest absolute Gasteiger partial charge is 0.263 e. The Labute approximate surface area is 112 Å². The summed E-state index contributed by atoms with van der Waals surface area (Å²) in [7, 11) is 0. The van der Waals surface area contributed by atoms with Crippen molar-refractivity contribution >= 4 is 0 Å². The number of rotatable bonds is 9. The SMILES string of the molecule is CCOC(CNCc1ccc(C(F)F)cc1)OCC. The summed E-state index contributed by atoms with van der Waals surface area (Å²) >= 11 is 0. The average molecular weight is 273 g/mol. The number of halogens is 2. The number of ether oxygens (including phenoxy) is 2. The lowest BCUT2D eigenvalue weighted by atomic mass is 10.1. The van der Waals surface area contributed by atoms with Gasteiger partial charge in [-0.15, -0.1) is 0 Å². The van der Waals surface area contributed by atoms with Gasteiger partial charge in [-0.3, -0.25) is 0 Å². The quantitative estimate of drug-likeness (QED) is 0.701. The molecule has 1 aromatic rings. The first-order chi connectivity index (χ1) is 9.17. The molecular formula is C14H21F2NO2. The van der Waals surface area contributed by atoms with Crippen molar-refractivity contribution in [3.63, 3.8) is 0 Å². The molecular weight excluding hydrogens is 252 g/mol. The number of benzene rings is 1. The molecule has 0 aliphatic carbocycles. The van der Waals surface area contributed by atoms with Gasteiger partial charge >= 0.3 is 0 Å². The highest BCUT2D eigenvalue weighted by Gasteiger charge is 2.08. The molecule has 0 spiro atoms. The third-order valence-corrected chi connectivity index (χ3v) is 2.58. The molecule has 1 aromatic carbocycles. The van der Waals surface area contributed by atoms with Crippen LogP contribution < -0.4 is 5.32 Å².